The molecular weight excluding hydrogens is 308 g/mol. The predicted octanol–water partition coefficient (Wildman–Crippen LogP) is 3.16. The lowest BCUT2D eigenvalue weighted by atomic mass is 9.85. The molecule has 3 heterocycles. The van der Waals surface area contributed by atoms with Crippen LogP contribution in [0, 0.1) is 17.8 Å². The van der Waals surface area contributed by atoms with Crippen molar-refractivity contribution in [1.82, 2.24) is 9.80 Å². The number of piperidine rings is 2. The van der Waals surface area contributed by atoms with E-state index in [-0.39, 0.29) is 23.8 Å². The van der Waals surface area contributed by atoms with Crippen molar-refractivity contribution in [3.05, 3.63) is 22.4 Å². The van der Waals surface area contributed by atoms with Crippen molar-refractivity contribution in [2.24, 2.45) is 17.8 Å². The van der Waals surface area contributed by atoms with Gasteiger partial charge in [-0.15, -0.1) is 11.3 Å². The molecule has 0 aromatic carbocycles. The Labute approximate surface area is 142 Å². The van der Waals surface area contributed by atoms with Crippen LogP contribution in [0.2, 0.25) is 0 Å². The van der Waals surface area contributed by atoms with Gasteiger partial charge in [-0.05, 0) is 36.1 Å². The van der Waals surface area contributed by atoms with Crippen LogP contribution in [0.25, 0.3) is 0 Å². The fourth-order valence-corrected chi connectivity index (χ4v) is 5.16. The summed E-state index contributed by atoms with van der Waals surface area (Å²) >= 11 is 1.64. The highest BCUT2D eigenvalue weighted by Crippen LogP contribution is 2.39. The molecule has 0 saturated carbocycles. The van der Waals surface area contributed by atoms with Crippen LogP contribution in [0.1, 0.15) is 44.0 Å². The van der Waals surface area contributed by atoms with Gasteiger partial charge in [0.2, 0.25) is 11.8 Å². The van der Waals surface area contributed by atoms with Crippen molar-refractivity contribution in [1.29, 1.82) is 0 Å². The Bertz CT molecular complexity index is 562. The summed E-state index contributed by atoms with van der Waals surface area (Å²) in [5.41, 5.74) is 0. The summed E-state index contributed by atoms with van der Waals surface area (Å²) in [5, 5.41) is 2.02. The second-order valence-electron chi connectivity index (χ2n) is 7.30. The van der Waals surface area contributed by atoms with Crippen molar-refractivity contribution >= 4 is 23.2 Å². The minimum Gasteiger partial charge on any atom is -0.342 e. The smallest absolute Gasteiger partial charge is 0.228 e. The van der Waals surface area contributed by atoms with E-state index in [0.717, 1.165) is 18.0 Å². The molecule has 4 atom stereocenters. The first kappa shape index (κ1) is 16.5. The molecule has 0 unspecified atom stereocenters. The summed E-state index contributed by atoms with van der Waals surface area (Å²) in [6, 6.07) is 3.95. The van der Waals surface area contributed by atoms with Gasteiger partial charge in [-0.3, -0.25) is 9.59 Å². The maximum Gasteiger partial charge on any atom is 0.228 e. The van der Waals surface area contributed by atoms with Crippen LogP contribution in [0.3, 0.4) is 0 Å². The molecule has 0 N–H and O–H groups in total. The largest absolute Gasteiger partial charge is 0.342 e. The quantitative estimate of drug-likeness (QED) is 0.833. The molecule has 5 heteroatoms. The Morgan fingerprint density at radius 2 is 1.96 bits per heavy atom. The first-order valence-corrected chi connectivity index (χ1v) is 9.43. The van der Waals surface area contributed by atoms with E-state index >= 15 is 0 Å². The van der Waals surface area contributed by atoms with Gasteiger partial charge in [0, 0.05) is 31.4 Å². The summed E-state index contributed by atoms with van der Waals surface area (Å²) < 4.78 is 0. The lowest BCUT2D eigenvalue weighted by Crippen LogP contribution is -2.50. The summed E-state index contributed by atoms with van der Waals surface area (Å²) in [6.45, 7) is 6.16. The van der Waals surface area contributed by atoms with E-state index in [1.807, 2.05) is 29.5 Å². The Hall–Kier alpha value is -1.36. The molecule has 1 aromatic rings. The van der Waals surface area contributed by atoms with Gasteiger partial charge >= 0.3 is 0 Å². The van der Waals surface area contributed by atoms with Gasteiger partial charge < -0.3 is 9.80 Å². The lowest BCUT2D eigenvalue weighted by molar-refractivity contribution is -0.148. The normalized spacial score (nSPS) is 32.2. The molecule has 0 spiro atoms. The molecule has 2 saturated heterocycles. The Morgan fingerprint density at radius 1 is 1.26 bits per heavy atom. The highest BCUT2D eigenvalue weighted by Gasteiger charge is 2.42. The molecule has 0 bridgehead atoms. The molecule has 3 rings (SSSR count). The fourth-order valence-electron chi connectivity index (χ4n) is 4.22. The van der Waals surface area contributed by atoms with E-state index in [0.29, 0.717) is 24.7 Å². The number of carbonyl (C=O) groups excluding carboxylic acids is 2. The zero-order valence-electron chi connectivity index (χ0n) is 14.2. The molecule has 1 aromatic heterocycles. The van der Waals surface area contributed by atoms with E-state index in [9.17, 15) is 9.59 Å². The lowest BCUT2D eigenvalue weighted by Gasteiger charge is -2.42. The van der Waals surface area contributed by atoms with E-state index in [1.165, 1.54) is 6.42 Å². The van der Waals surface area contributed by atoms with Crippen molar-refractivity contribution < 1.29 is 9.59 Å². The molecule has 126 valence electrons. The Kier molecular flexibility index (Phi) is 4.76. The van der Waals surface area contributed by atoms with E-state index in [1.54, 1.807) is 16.2 Å². The van der Waals surface area contributed by atoms with Gasteiger partial charge in [0.05, 0.1) is 12.0 Å². The Morgan fingerprint density at radius 3 is 2.57 bits per heavy atom. The second kappa shape index (κ2) is 6.63. The number of thiophene rings is 1. The molecular formula is C18H26N2O2S. The second-order valence-corrected chi connectivity index (χ2v) is 8.28. The number of hydrogen-bond donors (Lipinski definition) is 0. The molecule has 0 radical (unpaired) electrons. The third-order valence-corrected chi connectivity index (χ3v) is 6.14. The average molecular weight is 334 g/mol. The molecule has 2 aliphatic heterocycles. The molecule has 23 heavy (non-hydrogen) atoms. The van der Waals surface area contributed by atoms with Gasteiger partial charge in [-0.25, -0.2) is 0 Å². The topological polar surface area (TPSA) is 40.6 Å². The number of nitrogens with zero attached hydrogens (tertiary/aromatic N) is 2. The highest BCUT2D eigenvalue weighted by molar-refractivity contribution is 7.10. The molecule has 2 fully saturated rings. The minimum atomic E-state index is -0.103. The van der Waals surface area contributed by atoms with Gasteiger partial charge in [0.25, 0.3) is 0 Å². The number of amides is 2. The molecule has 4 nitrogen and oxygen atoms in total. The van der Waals surface area contributed by atoms with Gasteiger partial charge in [-0.1, -0.05) is 19.9 Å². The van der Waals surface area contributed by atoms with Crippen LogP contribution in [0.5, 0.6) is 0 Å². The van der Waals surface area contributed by atoms with Crippen molar-refractivity contribution in [3.8, 4) is 0 Å². The zero-order valence-corrected chi connectivity index (χ0v) is 15.0. The van der Waals surface area contributed by atoms with Crippen LogP contribution in [-0.2, 0) is 9.59 Å². The SMILES string of the molecule is C[C@@H]1C[C@H](C)CN(C(=O)[C@@H]2CCC(=O)N(C)[C@@H]2c2cccs2)C1. The summed E-state index contributed by atoms with van der Waals surface area (Å²) in [7, 11) is 1.84. The monoisotopic (exact) mass is 334 g/mol. The number of carbonyl (C=O) groups is 2. The molecule has 2 aliphatic rings. The van der Waals surface area contributed by atoms with Crippen molar-refractivity contribution in [3.63, 3.8) is 0 Å². The third kappa shape index (κ3) is 3.30. The van der Waals surface area contributed by atoms with E-state index < -0.39 is 0 Å². The minimum absolute atomic E-state index is 0.101. The molecule has 0 aliphatic carbocycles. The van der Waals surface area contributed by atoms with Crippen LogP contribution in [0.4, 0.5) is 0 Å². The van der Waals surface area contributed by atoms with Crippen LogP contribution >= 0.6 is 11.3 Å². The maximum atomic E-state index is 13.2. The van der Waals surface area contributed by atoms with Gasteiger partial charge in [0.1, 0.15) is 0 Å². The van der Waals surface area contributed by atoms with Gasteiger partial charge in [0.15, 0.2) is 0 Å². The van der Waals surface area contributed by atoms with Crippen molar-refractivity contribution in [2.45, 2.75) is 39.2 Å². The highest BCUT2D eigenvalue weighted by atomic mass is 32.1. The van der Waals surface area contributed by atoms with Crippen LogP contribution < -0.4 is 0 Å². The van der Waals surface area contributed by atoms with Gasteiger partial charge in [-0.2, -0.15) is 0 Å². The van der Waals surface area contributed by atoms with E-state index in [2.05, 4.69) is 13.8 Å². The fraction of sp³-hybridized carbons (Fsp3) is 0.667. The first-order valence-electron chi connectivity index (χ1n) is 8.55. The number of rotatable bonds is 2. The average Bonchev–Trinajstić information content (AvgIpc) is 3.02. The first-order chi connectivity index (χ1) is 11.0. The summed E-state index contributed by atoms with van der Waals surface area (Å²) in [6.07, 6.45) is 2.35. The van der Waals surface area contributed by atoms with Crippen LogP contribution in [-0.4, -0.2) is 41.8 Å². The number of hydrogen-bond acceptors (Lipinski definition) is 3. The number of likely N-dealkylation sites (tertiary alicyclic amines) is 2. The van der Waals surface area contributed by atoms with E-state index in [4.69, 9.17) is 0 Å². The Balaban J connectivity index is 1.84. The van der Waals surface area contributed by atoms with Crippen molar-refractivity contribution in [2.75, 3.05) is 20.1 Å². The predicted molar refractivity (Wildman–Crippen MR) is 92.1 cm³/mol. The standard InChI is InChI=1S/C18H26N2O2S/c1-12-9-13(2)11-20(10-12)18(22)14-6-7-16(21)19(3)17(14)15-5-4-8-23-15/h4-5,8,12-14,17H,6-7,9-11H2,1-3H3/t12-,13+,14-,17+/m1/s1. The van der Waals surface area contributed by atoms with Crippen LogP contribution in [0.15, 0.2) is 17.5 Å². The zero-order chi connectivity index (χ0) is 16.6. The summed E-state index contributed by atoms with van der Waals surface area (Å²) in [4.78, 5) is 30.3. The summed E-state index contributed by atoms with van der Waals surface area (Å²) in [5.74, 6) is 1.40. The molecule has 2 amide bonds. The maximum absolute atomic E-state index is 13.2. The third-order valence-electron chi connectivity index (χ3n) is 5.19.